The van der Waals surface area contributed by atoms with E-state index in [0.717, 1.165) is 12.5 Å². The lowest BCUT2D eigenvalue weighted by Gasteiger charge is -2.25. The van der Waals surface area contributed by atoms with Gasteiger partial charge in [-0.05, 0) is 61.9 Å². The molecule has 1 heterocycles. The number of rotatable bonds is 3. The van der Waals surface area contributed by atoms with Gasteiger partial charge in [0, 0.05) is 0 Å². The van der Waals surface area contributed by atoms with Gasteiger partial charge < -0.3 is 5.32 Å². The Morgan fingerprint density at radius 3 is 2.75 bits per heavy atom. The number of halogens is 1. The Hall–Kier alpha value is -0.890. The standard InChI is InChI=1S/C14H20FN/c1-11(9-12-3-2-8-16-10-12)13-4-6-14(15)7-5-13/h4-7,11-12,16H,2-3,8-10H2,1H3. The first-order valence-electron chi connectivity index (χ1n) is 6.22. The molecule has 1 fully saturated rings. The molecular formula is C14H20FN. The maximum Gasteiger partial charge on any atom is 0.123 e. The van der Waals surface area contributed by atoms with Gasteiger partial charge in [-0.3, -0.25) is 0 Å². The molecule has 1 saturated heterocycles. The number of hydrogen-bond acceptors (Lipinski definition) is 1. The Morgan fingerprint density at radius 1 is 1.38 bits per heavy atom. The molecule has 88 valence electrons. The van der Waals surface area contributed by atoms with E-state index < -0.39 is 0 Å². The van der Waals surface area contributed by atoms with E-state index in [1.807, 2.05) is 12.1 Å². The van der Waals surface area contributed by atoms with Crippen molar-refractivity contribution in [2.24, 2.45) is 5.92 Å². The first-order valence-corrected chi connectivity index (χ1v) is 6.22. The van der Waals surface area contributed by atoms with Crippen molar-refractivity contribution < 1.29 is 4.39 Å². The van der Waals surface area contributed by atoms with E-state index in [4.69, 9.17) is 0 Å². The summed E-state index contributed by atoms with van der Waals surface area (Å²) in [7, 11) is 0. The monoisotopic (exact) mass is 221 g/mol. The lowest BCUT2D eigenvalue weighted by Crippen LogP contribution is -2.30. The molecule has 1 aliphatic heterocycles. The van der Waals surface area contributed by atoms with E-state index >= 15 is 0 Å². The lowest BCUT2D eigenvalue weighted by molar-refractivity contribution is 0.340. The summed E-state index contributed by atoms with van der Waals surface area (Å²) >= 11 is 0. The largest absolute Gasteiger partial charge is 0.316 e. The third kappa shape index (κ3) is 3.05. The van der Waals surface area contributed by atoms with Gasteiger partial charge in [-0.25, -0.2) is 4.39 Å². The Balaban J connectivity index is 1.91. The van der Waals surface area contributed by atoms with Crippen LogP contribution in [0.2, 0.25) is 0 Å². The molecule has 0 aliphatic carbocycles. The summed E-state index contributed by atoms with van der Waals surface area (Å²) in [5, 5.41) is 3.44. The molecule has 1 aliphatic rings. The minimum Gasteiger partial charge on any atom is -0.316 e. The fourth-order valence-corrected chi connectivity index (χ4v) is 2.55. The van der Waals surface area contributed by atoms with Crippen molar-refractivity contribution in [3.8, 4) is 0 Å². The van der Waals surface area contributed by atoms with Crippen LogP contribution in [0, 0.1) is 11.7 Å². The maximum atomic E-state index is 12.8. The van der Waals surface area contributed by atoms with Crippen molar-refractivity contribution in [2.45, 2.75) is 32.1 Å². The second-order valence-corrected chi connectivity index (χ2v) is 4.90. The molecule has 0 radical (unpaired) electrons. The summed E-state index contributed by atoms with van der Waals surface area (Å²) in [5.74, 6) is 1.18. The zero-order valence-corrected chi connectivity index (χ0v) is 9.88. The Labute approximate surface area is 97.1 Å². The molecule has 2 heteroatoms. The molecule has 0 aromatic heterocycles. The van der Waals surface area contributed by atoms with Crippen LogP contribution in [-0.2, 0) is 0 Å². The summed E-state index contributed by atoms with van der Waals surface area (Å²) in [6.45, 7) is 4.55. The highest BCUT2D eigenvalue weighted by Gasteiger charge is 2.16. The Bertz CT molecular complexity index is 314. The molecule has 1 aromatic rings. The highest BCUT2D eigenvalue weighted by atomic mass is 19.1. The molecule has 0 bridgehead atoms. The molecule has 2 unspecified atom stereocenters. The van der Waals surface area contributed by atoms with Gasteiger partial charge in [0.1, 0.15) is 5.82 Å². The maximum absolute atomic E-state index is 12.8. The van der Waals surface area contributed by atoms with Gasteiger partial charge in [0.25, 0.3) is 0 Å². The smallest absolute Gasteiger partial charge is 0.123 e. The third-order valence-corrected chi connectivity index (χ3v) is 3.52. The molecule has 2 atom stereocenters. The van der Waals surface area contributed by atoms with Crippen LogP contribution >= 0.6 is 0 Å². The van der Waals surface area contributed by atoms with Crippen LogP contribution in [0.4, 0.5) is 4.39 Å². The molecule has 0 spiro atoms. The fraction of sp³-hybridized carbons (Fsp3) is 0.571. The highest BCUT2D eigenvalue weighted by molar-refractivity contribution is 5.19. The van der Waals surface area contributed by atoms with E-state index in [9.17, 15) is 4.39 Å². The van der Waals surface area contributed by atoms with Crippen molar-refractivity contribution in [3.63, 3.8) is 0 Å². The number of piperidine rings is 1. The minimum atomic E-state index is -0.143. The predicted octanol–water partition coefficient (Wildman–Crippen LogP) is 3.32. The molecule has 1 N–H and O–H groups in total. The first kappa shape index (κ1) is 11.6. The van der Waals surface area contributed by atoms with Gasteiger partial charge in [0.05, 0.1) is 0 Å². The summed E-state index contributed by atoms with van der Waals surface area (Å²) in [6, 6.07) is 6.95. The van der Waals surface area contributed by atoms with Crippen LogP contribution in [0.5, 0.6) is 0 Å². The normalized spacial score (nSPS) is 23.0. The van der Waals surface area contributed by atoms with E-state index in [1.165, 1.54) is 31.4 Å². The second kappa shape index (κ2) is 5.44. The van der Waals surface area contributed by atoms with Crippen LogP contribution in [-0.4, -0.2) is 13.1 Å². The van der Waals surface area contributed by atoms with Crippen LogP contribution in [0.15, 0.2) is 24.3 Å². The van der Waals surface area contributed by atoms with Crippen molar-refractivity contribution in [3.05, 3.63) is 35.6 Å². The average Bonchev–Trinajstić information content (AvgIpc) is 2.31. The molecule has 0 saturated carbocycles. The average molecular weight is 221 g/mol. The summed E-state index contributed by atoms with van der Waals surface area (Å²) in [5.41, 5.74) is 1.26. The second-order valence-electron chi connectivity index (χ2n) is 4.90. The van der Waals surface area contributed by atoms with E-state index in [0.29, 0.717) is 5.92 Å². The number of benzene rings is 1. The van der Waals surface area contributed by atoms with Gasteiger partial charge in [0.2, 0.25) is 0 Å². The van der Waals surface area contributed by atoms with Crippen molar-refractivity contribution in [1.29, 1.82) is 0 Å². The van der Waals surface area contributed by atoms with E-state index in [-0.39, 0.29) is 5.82 Å². The third-order valence-electron chi connectivity index (χ3n) is 3.52. The Morgan fingerprint density at radius 2 is 2.12 bits per heavy atom. The number of hydrogen-bond donors (Lipinski definition) is 1. The van der Waals surface area contributed by atoms with Gasteiger partial charge >= 0.3 is 0 Å². The van der Waals surface area contributed by atoms with Gasteiger partial charge in [-0.2, -0.15) is 0 Å². The summed E-state index contributed by atoms with van der Waals surface area (Å²) in [4.78, 5) is 0. The van der Waals surface area contributed by atoms with Gasteiger partial charge in [-0.15, -0.1) is 0 Å². The van der Waals surface area contributed by atoms with Crippen LogP contribution in [0.1, 0.15) is 37.7 Å². The van der Waals surface area contributed by atoms with Crippen molar-refractivity contribution in [1.82, 2.24) is 5.32 Å². The lowest BCUT2D eigenvalue weighted by atomic mass is 9.86. The molecule has 2 rings (SSSR count). The zero-order chi connectivity index (χ0) is 11.4. The van der Waals surface area contributed by atoms with Crippen LogP contribution in [0.3, 0.4) is 0 Å². The fourth-order valence-electron chi connectivity index (χ4n) is 2.55. The quantitative estimate of drug-likeness (QED) is 0.825. The topological polar surface area (TPSA) is 12.0 Å². The van der Waals surface area contributed by atoms with Gasteiger partial charge in [0.15, 0.2) is 0 Å². The van der Waals surface area contributed by atoms with Crippen LogP contribution in [0.25, 0.3) is 0 Å². The summed E-state index contributed by atoms with van der Waals surface area (Å²) in [6.07, 6.45) is 3.83. The number of nitrogens with one attached hydrogen (secondary N) is 1. The molecule has 16 heavy (non-hydrogen) atoms. The minimum absolute atomic E-state index is 0.143. The van der Waals surface area contributed by atoms with Crippen LogP contribution < -0.4 is 5.32 Å². The highest BCUT2D eigenvalue weighted by Crippen LogP contribution is 2.26. The van der Waals surface area contributed by atoms with E-state index in [2.05, 4.69) is 12.2 Å². The molecule has 1 nitrogen and oxygen atoms in total. The SMILES string of the molecule is CC(CC1CCCNC1)c1ccc(F)cc1. The zero-order valence-electron chi connectivity index (χ0n) is 9.88. The van der Waals surface area contributed by atoms with Gasteiger partial charge in [-0.1, -0.05) is 19.1 Å². The molecule has 0 amide bonds. The first-order chi connectivity index (χ1) is 7.75. The van der Waals surface area contributed by atoms with Crippen molar-refractivity contribution in [2.75, 3.05) is 13.1 Å². The Kier molecular flexibility index (Phi) is 3.94. The van der Waals surface area contributed by atoms with E-state index in [1.54, 1.807) is 12.1 Å². The van der Waals surface area contributed by atoms with Crippen molar-refractivity contribution >= 4 is 0 Å². The molecular weight excluding hydrogens is 201 g/mol. The molecule has 1 aromatic carbocycles. The summed E-state index contributed by atoms with van der Waals surface area (Å²) < 4.78 is 12.8. The predicted molar refractivity (Wildman–Crippen MR) is 65.0 cm³/mol.